The minimum absolute atomic E-state index is 0.0641. The fraction of sp³-hybridized carbons (Fsp3) is 0.357. The van der Waals surface area contributed by atoms with E-state index in [1.807, 2.05) is 31.2 Å². The van der Waals surface area contributed by atoms with Crippen LogP contribution >= 0.6 is 0 Å². The summed E-state index contributed by atoms with van der Waals surface area (Å²) in [4.78, 5) is 0. The van der Waals surface area contributed by atoms with Gasteiger partial charge in [-0.15, -0.1) is 0 Å². The second-order valence-corrected chi connectivity index (χ2v) is 5.34. The summed E-state index contributed by atoms with van der Waals surface area (Å²) in [5.41, 5.74) is 2.83. The van der Waals surface area contributed by atoms with Crippen molar-refractivity contribution in [3.8, 4) is 11.6 Å². The average Bonchev–Trinajstić information content (AvgIpc) is 2.61. The molecule has 90 valence electrons. The van der Waals surface area contributed by atoms with Gasteiger partial charge in [-0.1, -0.05) is 39.0 Å². The predicted molar refractivity (Wildman–Crippen MR) is 68.7 cm³/mol. The summed E-state index contributed by atoms with van der Waals surface area (Å²) in [6.45, 7) is 8.25. The number of benzene rings is 1. The van der Waals surface area contributed by atoms with Crippen LogP contribution in [0.5, 0.6) is 5.88 Å². The number of nitrogens with zero attached hydrogens (tertiary/aromatic N) is 2. The normalized spacial score (nSPS) is 11.8. The zero-order chi connectivity index (χ0) is 12.6. The van der Waals surface area contributed by atoms with E-state index in [2.05, 4.69) is 25.9 Å². The van der Waals surface area contributed by atoms with Crippen molar-refractivity contribution in [3.05, 3.63) is 41.6 Å². The molecule has 0 radical (unpaired) electrons. The van der Waals surface area contributed by atoms with Crippen LogP contribution in [0, 0.1) is 6.92 Å². The van der Waals surface area contributed by atoms with Crippen molar-refractivity contribution in [2.75, 3.05) is 0 Å². The van der Waals surface area contributed by atoms with E-state index in [-0.39, 0.29) is 11.3 Å². The number of rotatable bonds is 1. The lowest BCUT2D eigenvalue weighted by Crippen LogP contribution is -2.12. The lowest BCUT2D eigenvalue weighted by molar-refractivity contribution is 0.433. The van der Waals surface area contributed by atoms with E-state index in [1.165, 1.54) is 0 Å². The second-order valence-electron chi connectivity index (χ2n) is 5.34. The molecule has 2 aromatic rings. The number of aryl methyl sites for hydroxylation is 1. The Labute approximate surface area is 102 Å². The summed E-state index contributed by atoms with van der Waals surface area (Å²) in [5.74, 6) is 0.184. The molecular formula is C14H18N2O. The molecule has 0 fully saturated rings. The number of hydrogen-bond acceptors (Lipinski definition) is 2. The van der Waals surface area contributed by atoms with Gasteiger partial charge in [0.15, 0.2) is 0 Å². The smallest absolute Gasteiger partial charge is 0.214 e. The third-order valence-electron chi connectivity index (χ3n) is 2.80. The highest BCUT2D eigenvalue weighted by atomic mass is 16.3. The minimum Gasteiger partial charge on any atom is -0.493 e. The molecule has 0 aliphatic carbocycles. The third kappa shape index (κ3) is 2.18. The molecule has 2 rings (SSSR count). The van der Waals surface area contributed by atoms with Crippen molar-refractivity contribution >= 4 is 0 Å². The minimum atomic E-state index is -0.0641. The van der Waals surface area contributed by atoms with Crippen molar-refractivity contribution in [2.45, 2.75) is 33.1 Å². The standard InChI is InChI=1S/C14H18N2O/c1-10-7-5-6-8-11(10)16-13(17)9-12(15-16)14(2,3)4/h5-9,17H,1-4H3. The van der Waals surface area contributed by atoms with E-state index in [1.54, 1.807) is 10.7 Å². The molecule has 0 spiro atoms. The first-order valence-corrected chi connectivity index (χ1v) is 5.75. The molecule has 1 heterocycles. The Kier molecular flexibility index (Phi) is 2.69. The SMILES string of the molecule is Cc1ccccc1-n1nc(C(C)(C)C)cc1O. The van der Waals surface area contributed by atoms with E-state index in [9.17, 15) is 5.11 Å². The first kappa shape index (κ1) is 11.7. The fourth-order valence-electron chi connectivity index (χ4n) is 1.72. The van der Waals surface area contributed by atoms with Crippen LogP contribution in [0.2, 0.25) is 0 Å². The van der Waals surface area contributed by atoms with E-state index in [4.69, 9.17) is 0 Å². The number of hydrogen-bond donors (Lipinski definition) is 1. The highest BCUT2D eigenvalue weighted by molar-refractivity contribution is 5.42. The highest BCUT2D eigenvalue weighted by Crippen LogP contribution is 2.27. The van der Waals surface area contributed by atoms with Gasteiger partial charge >= 0.3 is 0 Å². The van der Waals surface area contributed by atoms with E-state index in [0.29, 0.717) is 0 Å². The Hall–Kier alpha value is -1.77. The number of aromatic nitrogens is 2. The lowest BCUT2D eigenvalue weighted by Gasteiger charge is -2.14. The zero-order valence-electron chi connectivity index (χ0n) is 10.7. The van der Waals surface area contributed by atoms with Gasteiger partial charge in [0.25, 0.3) is 0 Å². The highest BCUT2D eigenvalue weighted by Gasteiger charge is 2.20. The molecule has 0 unspecified atom stereocenters. The molecule has 0 saturated carbocycles. The fourth-order valence-corrected chi connectivity index (χ4v) is 1.72. The molecule has 3 nitrogen and oxygen atoms in total. The van der Waals surface area contributed by atoms with Gasteiger partial charge in [0.2, 0.25) is 5.88 Å². The predicted octanol–water partition coefficient (Wildman–Crippen LogP) is 3.18. The number of para-hydroxylation sites is 1. The molecule has 1 aromatic heterocycles. The van der Waals surface area contributed by atoms with Crippen LogP contribution in [0.4, 0.5) is 0 Å². The average molecular weight is 230 g/mol. The van der Waals surface area contributed by atoms with Gasteiger partial charge in [-0.2, -0.15) is 5.10 Å². The quantitative estimate of drug-likeness (QED) is 0.817. The maximum atomic E-state index is 9.97. The Morgan fingerprint density at radius 2 is 1.82 bits per heavy atom. The molecule has 0 saturated heterocycles. The molecule has 0 atom stereocenters. The third-order valence-corrected chi connectivity index (χ3v) is 2.80. The molecule has 1 N–H and O–H groups in total. The molecule has 17 heavy (non-hydrogen) atoms. The molecular weight excluding hydrogens is 212 g/mol. The molecule has 0 aliphatic heterocycles. The van der Waals surface area contributed by atoms with Crippen LogP contribution in [0.15, 0.2) is 30.3 Å². The topological polar surface area (TPSA) is 38.0 Å². The van der Waals surface area contributed by atoms with Crippen molar-refractivity contribution in [3.63, 3.8) is 0 Å². The van der Waals surface area contributed by atoms with Crippen molar-refractivity contribution in [2.24, 2.45) is 0 Å². The Morgan fingerprint density at radius 3 is 2.35 bits per heavy atom. The second kappa shape index (κ2) is 3.91. The van der Waals surface area contributed by atoms with Gasteiger partial charge in [0, 0.05) is 11.5 Å². The molecule has 0 aliphatic rings. The first-order chi connectivity index (χ1) is 7.89. The molecule has 0 bridgehead atoms. The van der Waals surface area contributed by atoms with E-state index in [0.717, 1.165) is 16.9 Å². The maximum absolute atomic E-state index is 9.97. The van der Waals surface area contributed by atoms with Gasteiger partial charge in [-0.3, -0.25) is 0 Å². The summed E-state index contributed by atoms with van der Waals surface area (Å²) in [5, 5.41) is 14.5. The Morgan fingerprint density at radius 1 is 1.18 bits per heavy atom. The van der Waals surface area contributed by atoms with Gasteiger partial charge in [0.1, 0.15) is 0 Å². The number of aromatic hydroxyl groups is 1. The van der Waals surface area contributed by atoms with Gasteiger partial charge < -0.3 is 5.11 Å². The summed E-state index contributed by atoms with van der Waals surface area (Å²) in [6, 6.07) is 9.61. The molecule has 1 aromatic carbocycles. The first-order valence-electron chi connectivity index (χ1n) is 5.75. The summed E-state index contributed by atoms with van der Waals surface area (Å²) in [7, 11) is 0. The lowest BCUT2D eigenvalue weighted by atomic mass is 9.93. The van der Waals surface area contributed by atoms with Crippen LogP contribution in [0.1, 0.15) is 32.0 Å². The summed E-state index contributed by atoms with van der Waals surface area (Å²) < 4.78 is 1.59. The van der Waals surface area contributed by atoms with Gasteiger partial charge in [-0.05, 0) is 18.6 Å². The van der Waals surface area contributed by atoms with Crippen LogP contribution in [-0.2, 0) is 5.41 Å². The maximum Gasteiger partial charge on any atom is 0.214 e. The van der Waals surface area contributed by atoms with Gasteiger partial charge in [-0.25, -0.2) is 4.68 Å². The summed E-state index contributed by atoms with van der Waals surface area (Å²) in [6.07, 6.45) is 0. The van der Waals surface area contributed by atoms with Crippen LogP contribution < -0.4 is 0 Å². The van der Waals surface area contributed by atoms with Crippen molar-refractivity contribution < 1.29 is 5.11 Å². The molecule has 0 amide bonds. The van der Waals surface area contributed by atoms with Crippen molar-refractivity contribution in [1.29, 1.82) is 0 Å². The van der Waals surface area contributed by atoms with Crippen molar-refractivity contribution in [1.82, 2.24) is 9.78 Å². The summed E-state index contributed by atoms with van der Waals surface area (Å²) >= 11 is 0. The van der Waals surface area contributed by atoms with Gasteiger partial charge in [0.05, 0.1) is 11.4 Å². The Balaban J connectivity index is 2.55. The van der Waals surface area contributed by atoms with E-state index < -0.39 is 0 Å². The van der Waals surface area contributed by atoms with Crippen LogP contribution in [0.25, 0.3) is 5.69 Å². The molecule has 3 heteroatoms. The van der Waals surface area contributed by atoms with E-state index >= 15 is 0 Å². The zero-order valence-corrected chi connectivity index (χ0v) is 10.7. The van der Waals surface area contributed by atoms with Crippen LogP contribution in [0.3, 0.4) is 0 Å². The van der Waals surface area contributed by atoms with Crippen LogP contribution in [-0.4, -0.2) is 14.9 Å². The monoisotopic (exact) mass is 230 g/mol. The Bertz CT molecular complexity index is 535. The largest absolute Gasteiger partial charge is 0.493 e.